The third-order valence-corrected chi connectivity index (χ3v) is 5.33. The summed E-state index contributed by atoms with van der Waals surface area (Å²) in [4.78, 5) is 11.4. The number of hydrogen-bond acceptors (Lipinski definition) is 2. The quantitative estimate of drug-likeness (QED) is 0.768. The second-order valence-electron chi connectivity index (χ2n) is 4.52. The third-order valence-electron chi connectivity index (χ3n) is 3.72. The first kappa shape index (κ1) is 10.3. The van der Waals surface area contributed by atoms with E-state index in [0.29, 0.717) is 5.25 Å². The summed E-state index contributed by atoms with van der Waals surface area (Å²) in [6.07, 6.45) is 7.63. The van der Waals surface area contributed by atoms with Crippen molar-refractivity contribution in [2.45, 2.75) is 50.2 Å². The Bertz CT molecular complexity index is 215. The molecule has 80 valence electrons. The fourth-order valence-electron chi connectivity index (χ4n) is 2.87. The van der Waals surface area contributed by atoms with Gasteiger partial charge in [-0.25, -0.2) is 0 Å². The molecular weight excluding hydrogens is 196 g/mol. The van der Waals surface area contributed by atoms with E-state index < -0.39 is 5.97 Å². The third kappa shape index (κ3) is 1.67. The minimum Gasteiger partial charge on any atom is -0.481 e. The van der Waals surface area contributed by atoms with Crippen molar-refractivity contribution >= 4 is 17.7 Å². The predicted molar refractivity (Wildman–Crippen MR) is 58.6 cm³/mol. The Morgan fingerprint density at radius 3 is 2.43 bits per heavy atom. The first-order valence-electron chi connectivity index (χ1n) is 5.61. The van der Waals surface area contributed by atoms with Crippen molar-refractivity contribution in [3.8, 4) is 0 Å². The van der Waals surface area contributed by atoms with E-state index in [1.807, 2.05) is 11.8 Å². The van der Waals surface area contributed by atoms with Crippen molar-refractivity contribution in [1.82, 2.24) is 0 Å². The molecule has 1 heterocycles. The van der Waals surface area contributed by atoms with Crippen molar-refractivity contribution in [1.29, 1.82) is 0 Å². The second kappa shape index (κ2) is 4.13. The highest BCUT2D eigenvalue weighted by atomic mass is 32.2. The number of aliphatic carboxylic acids is 1. The fraction of sp³-hybridized carbons (Fsp3) is 0.909. The van der Waals surface area contributed by atoms with Gasteiger partial charge in [-0.15, -0.1) is 0 Å². The molecule has 0 aromatic rings. The molecule has 0 radical (unpaired) electrons. The van der Waals surface area contributed by atoms with Crippen LogP contribution in [0.2, 0.25) is 0 Å². The van der Waals surface area contributed by atoms with Crippen LogP contribution in [0, 0.1) is 5.41 Å². The lowest BCUT2D eigenvalue weighted by Crippen LogP contribution is -2.41. The van der Waals surface area contributed by atoms with Crippen LogP contribution < -0.4 is 0 Å². The van der Waals surface area contributed by atoms with Gasteiger partial charge in [-0.2, -0.15) is 11.8 Å². The van der Waals surface area contributed by atoms with E-state index in [2.05, 4.69) is 0 Å². The molecule has 1 saturated carbocycles. The molecule has 1 atom stereocenters. The van der Waals surface area contributed by atoms with Gasteiger partial charge in [-0.05, 0) is 31.4 Å². The Kier molecular flexibility index (Phi) is 3.05. The van der Waals surface area contributed by atoms with E-state index in [-0.39, 0.29) is 5.41 Å². The smallest absolute Gasteiger partial charge is 0.310 e. The lowest BCUT2D eigenvalue weighted by Gasteiger charge is -2.37. The average Bonchev–Trinajstić information content (AvgIpc) is 2.72. The molecule has 3 heteroatoms. The van der Waals surface area contributed by atoms with Crippen LogP contribution in [-0.2, 0) is 4.79 Å². The molecule has 14 heavy (non-hydrogen) atoms. The Labute approximate surface area is 89.5 Å². The topological polar surface area (TPSA) is 37.3 Å². The van der Waals surface area contributed by atoms with Crippen LogP contribution in [-0.4, -0.2) is 22.1 Å². The van der Waals surface area contributed by atoms with E-state index in [1.165, 1.54) is 18.6 Å². The minimum atomic E-state index is -0.531. The molecule has 1 saturated heterocycles. The maximum absolute atomic E-state index is 11.4. The van der Waals surface area contributed by atoms with Crippen molar-refractivity contribution in [2.75, 3.05) is 5.75 Å². The Morgan fingerprint density at radius 1 is 1.21 bits per heavy atom. The van der Waals surface area contributed by atoms with Crippen molar-refractivity contribution < 1.29 is 9.90 Å². The summed E-state index contributed by atoms with van der Waals surface area (Å²) in [5, 5.41) is 9.84. The molecule has 1 N–H and O–H groups in total. The Morgan fingerprint density at radius 2 is 1.93 bits per heavy atom. The summed E-state index contributed by atoms with van der Waals surface area (Å²) in [5.74, 6) is 0.635. The van der Waals surface area contributed by atoms with Crippen LogP contribution in [0.5, 0.6) is 0 Å². The lowest BCUT2D eigenvalue weighted by molar-refractivity contribution is -0.151. The molecule has 2 fully saturated rings. The van der Waals surface area contributed by atoms with Crippen molar-refractivity contribution in [2.24, 2.45) is 5.41 Å². The normalized spacial score (nSPS) is 31.6. The SMILES string of the molecule is O=C(O)C1([C@@H]2CCCS2)CCCCC1. The zero-order chi connectivity index (χ0) is 10.0. The van der Waals surface area contributed by atoms with Gasteiger partial charge >= 0.3 is 5.97 Å². The summed E-state index contributed by atoms with van der Waals surface area (Å²) in [5.41, 5.74) is -0.362. The van der Waals surface area contributed by atoms with E-state index in [4.69, 9.17) is 0 Å². The highest BCUT2D eigenvalue weighted by Crippen LogP contribution is 2.48. The number of thioether (sulfide) groups is 1. The highest BCUT2D eigenvalue weighted by molar-refractivity contribution is 8.00. The van der Waals surface area contributed by atoms with Crippen LogP contribution in [0.3, 0.4) is 0 Å². The van der Waals surface area contributed by atoms with Crippen molar-refractivity contribution in [3.05, 3.63) is 0 Å². The fourth-order valence-corrected chi connectivity index (χ4v) is 4.48. The van der Waals surface area contributed by atoms with Crippen LogP contribution >= 0.6 is 11.8 Å². The number of hydrogen-bond donors (Lipinski definition) is 1. The number of carboxylic acid groups (broad SMARTS) is 1. The molecule has 0 amide bonds. The van der Waals surface area contributed by atoms with E-state index in [1.54, 1.807) is 0 Å². The Balaban J connectivity index is 2.15. The number of carboxylic acids is 1. The van der Waals surface area contributed by atoms with Crippen LogP contribution in [0.15, 0.2) is 0 Å². The summed E-state index contributed by atoms with van der Waals surface area (Å²) in [7, 11) is 0. The van der Waals surface area contributed by atoms with Crippen LogP contribution in [0.25, 0.3) is 0 Å². The standard InChI is InChI=1S/C11H18O2S/c12-10(13)11(6-2-1-3-7-11)9-5-4-8-14-9/h9H,1-8H2,(H,12,13)/t9-/m0/s1. The van der Waals surface area contributed by atoms with Gasteiger partial charge in [0, 0.05) is 5.25 Å². The molecule has 0 aromatic carbocycles. The predicted octanol–water partition coefficient (Wildman–Crippen LogP) is 2.92. The van der Waals surface area contributed by atoms with Gasteiger partial charge in [-0.1, -0.05) is 19.3 Å². The molecule has 2 aliphatic rings. The van der Waals surface area contributed by atoms with Gasteiger partial charge in [0.1, 0.15) is 0 Å². The molecule has 2 rings (SSSR count). The van der Waals surface area contributed by atoms with Crippen LogP contribution in [0.4, 0.5) is 0 Å². The number of rotatable bonds is 2. The molecule has 0 unspecified atom stereocenters. The first-order valence-corrected chi connectivity index (χ1v) is 6.65. The van der Waals surface area contributed by atoms with E-state index in [0.717, 1.165) is 32.1 Å². The van der Waals surface area contributed by atoms with Gasteiger partial charge < -0.3 is 5.11 Å². The zero-order valence-corrected chi connectivity index (χ0v) is 9.31. The van der Waals surface area contributed by atoms with Gasteiger partial charge in [0.05, 0.1) is 5.41 Å². The zero-order valence-electron chi connectivity index (χ0n) is 8.50. The van der Waals surface area contributed by atoms with E-state index in [9.17, 15) is 9.90 Å². The largest absolute Gasteiger partial charge is 0.481 e. The summed E-state index contributed by atoms with van der Waals surface area (Å²) in [6.45, 7) is 0. The van der Waals surface area contributed by atoms with Crippen LogP contribution in [0.1, 0.15) is 44.9 Å². The summed E-state index contributed by atoms with van der Waals surface area (Å²) < 4.78 is 0. The van der Waals surface area contributed by atoms with Gasteiger partial charge in [-0.3, -0.25) is 4.79 Å². The molecule has 1 aliphatic carbocycles. The first-order chi connectivity index (χ1) is 6.76. The summed E-state index contributed by atoms with van der Waals surface area (Å²) >= 11 is 1.90. The molecule has 0 spiro atoms. The molecular formula is C11H18O2S. The molecule has 1 aliphatic heterocycles. The van der Waals surface area contributed by atoms with Crippen molar-refractivity contribution in [3.63, 3.8) is 0 Å². The summed E-state index contributed by atoms with van der Waals surface area (Å²) in [6, 6.07) is 0. The maximum atomic E-state index is 11.4. The lowest BCUT2D eigenvalue weighted by atomic mass is 9.70. The molecule has 2 nitrogen and oxygen atoms in total. The molecule has 0 aromatic heterocycles. The Hall–Kier alpha value is -0.180. The monoisotopic (exact) mass is 214 g/mol. The average molecular weight is 214 g/mol. The minimum absolute atomic E-state index is 0.362. The van der Waals surface area contributed by atoms with Gasteiger partial charge in [0.15, 0.2) is 0 Å². The van der Waals surface area contributed by atoms with E-state index >= 15 is 0 Å². The van der Waals surface area contributed by atoms with Gasteiger partial charge in [0.2, 0.25) is 0 Å². The number of carbonyl (C=O) groups is 1. The van der Waals surface area contributed by atoms with Gasteiger partial charge in [0.25, 0.3) is 0 Å². The molecule has 0 bridgehead atoms. The maximum Gasteiger partial charge on any atom is 0.310 e. The second-order valence-corrected chi connectivity index (χ2v) is 5.83. The highest BCUT2D eigenvalue weighted by Gasteiger charge is 2.47.